The van der Waals surface area contributed by atoms with Gasteiger partial charge in [0.25, 0.3) is 0 Å². The predicted molar refractivity (Wildman–Crippen MR) is 105 cm³/mol. The first-order chi connectivity index (χ1) is 13.5. The van der Waals surface area contributed by atoms with Crippen LogP contribution in [-0.4, -0.2) is 40.4 Å². The third-order valence-corrected chi connectivity index (χ3v) is 5.69. The molecule has 3 rings (SSSR count). The van der Waals surface area contributed by atoms with Gasteiger partial charge in [-0.15, -0.1) is 0 Å². The second-order valence-electron chi connectivity index (χ2n) is 6.18. The molecule has 1 aliphatic heterocycles. The molecule has 29 heavy (non-hydrogen) atoms. The molecule has 12 heteroatoms. The number of aliphatic hydroxyl groups excluding tert-OH is 1. The molecule has 10 nitrogen and oxygen atoms in total. The maximum absolute atomic E-state index is 11.9. The van der Waals surface area contributed by atoms with Crippen molar-refractivity contribution in [2.24, 2.45) is 0 Å². The van der Waals surface area contributed by atoms with Crippen molar-refractivity contribution >= 4 is 26.0 Å². The molecule has 2 aromatic carbocycles. The highest BCUT2D eigenvalue weighted by Crippen LogP contribution is 2.34. The minimum atomic E-state index is -4.04. The molecule has 0 amide bonds. The van der Waals surface area contributed by atoms with Gasteiger partial charge in [0.2, 0.25) is 5.88 Å². The first kappa shape index (κ1) is 20.6. The van der Waals surface area contributed by atoms with E-state index in [-0.39, 0.29) is 23.6 Å². The number of hydrogen-bond donors (Lipinski definition) is 3. The number of phenols is 1. The number of rotatable bonds is 6. The fourth-order valence-electron chi connectivity index (χ4n) is 2.72. The molecule has 1 aliphatic rings. The lowest BCUT2D eigenvalue weighted by Gasteiger charge is -2.16. The third-order valence-electron chi connectivity index (χ3n) is 3.92. The molecule has 0 bridgehead atoms. The molecule has 0 radical (unpaired) electrons. The average Bonchev–Trinajstić information content (AvgIpc) is 2.87. The van der Waals surface area contributed by atoms with Crippen LogP contribution >= 0.6 is 0 Å². The number of phenolic OH excluding ortho intramolecular Hbond substituents is 1. The summed E-state index contributed by atoms with van der Waals surface area (Å²) in [4.78, 5) is 0. The molecule has 0 unspecified atom stereocenters. The van der Waals surface area contributed by atoms with E-state index in [2.05, 4.69) is 0 Å². The van der Waals surface area contributed by atoms with E-state index in [4.69, 9.17) is 8.92 Å². The molecule has 0 aliphatic carbocycles. The van der Waals surface area contributed by atoms with Crippen LogP contribution in [0.2, 0.25) is 0 Å². The van der Waals surface area contributed by atoms with Crippen LogP contribution in [0.5, 0.6) is 17.2 Å². The molecule has 156 valence electrons. The van der Waals surface area contributed by atoms with Crippen molar-refractivity contribution in [2.45, 2.75) is 6.42 Å². The fourth-order valence-corrected chi connectivity index (χ4v) is 4.27. The first-order valence-electron chi connectivity index (χ1n) is 8.10. The van der Waals surface area contributed by atoms with E-state index in [0.29, 0.717) is 21.2 Å². The van der Waals surface area contributed by atoms with E-state index in [1.54, 1.807) is 18.2 Å². The van der Waals surface area contributed by atoms with Crippen LogP contribution in [0.1, 0.15) is 11.1 Å². The third kappa shape index (κ3) is 4.66. The minimum Gasteiger partial charge on any atom is -0.506 e. The summed E-state index contributed by atoms with van der Waals surface area (Å²) in [5, 5.41) is 19.7. The van der Waals surface area contributed by atoms with Crippen molar-refractivity contribution in [3.8, 4) is 17.2 Å². The molecule has 1 heterocycles. The number of aliphatic hydroxyl groups is 1. The van der Waals surface area contributed by atoms with Gasteiger partial charge in [0.15, 0.2) is 0 Å². The van der Waals surface area contributed by atoms with Crippen molar-refractivity contribution in [1.82, 2.24) is 4.72 Å². The van der Waals surface area contributed by atoms with Crippen LogP contribution in [0.4, 0.5) is 5.69 Å². The summed E-state index contributed by atoms with van der Waals surface area (Å²) in [5.41, 5.74) is 1.01. The van der Waals surface area contributed by atoms with Crippen LogP contribution in [0.25, 0.3) is 0 Å². The Kier molecular flexibility index (Phi) is 5.24. The van der Waals surface area contributed by atoms with E-state index >= 15 is 0 Å². The topological polar surface area (TPSA) is 142 Å². The van der Waals surface area contributed by atoms with Gasteiger partial charge >= 0.3 is 20.3 Å². The van der Waals surface area contributed by atoms with Gasteiger partial charge in [0, 0.05) is 18.1 Å². The smallest absolute Gasteiger partial charge is 0.330 e. The van der Waals surface area contributed by atoms with E-state index in [1.165, 1.54) is 25.3 Å². The molecule has 0 saturated carbocycles. The lowest BCUT2D eigenvalue weighted by Crippen LogP contribution is -2.29. The fraction of sp³-hybridized carbons (Fsp3) is 0.176. The zero-order valence-corrected chi connectivity index (χ0v) is 17.0. The number of methoxy groups -OCH3 is 1. The normalized spacial score (nSPS) is 15.5. The van der Waals surface area contributed by atoms with Crippen LogP contribution in [0.15, 0.2) is 48.5 Å². The van der Waals surface area contributed by atoms with Crippen LogP contribution in [0.3, 0.4) is 0 Å². The maximum atomic E-state index is 11.9. The van der Waals surface area contributed by atoms with Gasteiger partial charge in [-0.25, -0.2) is 9.03 Å². The zero-order valence-electron chi connectivity index (χ0n) is 15.4. The molecule has 0 fully saturated rings. The van der Waals surface area contributed by atoms with Crippen LogP contribution < -0.4 is 17.9 Å². The van der Waals surface area contributed by atoms with Gasteiger partial charge in [-0.05, 0) is 23.8 Å². The van der Waals surface area contributed by atoms with Crippen molar-refractivity contribution in [1.29, 1.82) is 0 Å². The lowest BCUT2D eigenvalue weighted by molar-refractivity contribution is 0.392. The number of hydrogen-bond acceptors (Lipinski definition) is 8. The summed E-state index contributed by atoms with van der Waals surface area (Å²) in [5.74, 6) is -0.439. The Morgan fingerprint density at radius 2 is 1.86 bits per heavy atom. The van der Waals surface area contributed by atoms with Gasteiger partial charge in [0.1, 0.15) is 22.9 Å². The number of ether oxygens (including phenoxy) is 1. The molecular formula is C17H18N2O8S2. The monoisotopic (exact) mass is 442 g/mol. The Labute approximate surface area is 167 Å². The van der Waals surface area contributed by atoms with Gasteiger partial charge in [-0.1, -0.05) is 12.1 Å². The molecule has 0 aromatic heterocycles. The van der Waals surface area contributed by atoms with Gasteiger partial charge < -0.3 is 19.1 Å². The Balaban J connectivity index is 1.93. The number of nitrogens with zero attached hydrogens (tertiary/aromatic N) is 1. The predicted octanol–water partition coefficient (Wildman–Crippen LogP) is 1.34. The summed E-state index contributed by atoms with van der Waals surface area (Å²) in [6.07, 6.45) is 2.03. The molecule has 3 N–H and O–H groups in total. The molecule has 2 aromatic rings. The Bertz CT molecular complexity index is 1190. The Morgan fingerprint density at radius 3 is 2.41 bits per heavy atom. The maximum Gasteiger partial charge on any atom is 0.330 e. The molecule has 0 spiro atoms. The summed E-state index contributed by atoms with van der Waals surface area (Å²) in [6, 6.07) is 8.94. The second-order valence-corrected chi connectivity index (χ2v) is 9.30. The molecular weight excluding hydrogens is 424 g/mol. The summed E-state index contributed by atoms with van der Waals surface area (Å²) < 4.78 is 59.7. The van der Waals surface area contributed by atoms with Crippen LogP contribution in [0, 0.1) is 0 Å². The van der Waals surface area contributed by atoms with E-state index in [0.717, 1.165) is 12.5 Å². The summed E-state index contributed by atoms with van der Waals surface area (Å²) in [7, 11) is -6.38. The zero-order chi connectivity index (χ0) is 21.4. The van der Waals surface area contributed by atoms with E-state index in [1.807, 2.05) is 4.72 Å². The minimum absolute atomic E-state index is 0.0624. The Hall–Kier alpha value is -3.12. The van der Waals surface area contributed by atoms with Gasteiger partial charge in [0.05, 0.1) is 19.6 Å². The number of nitrogens with one attached hydrogen (secondary N) is 1. The molecule has 0 saturated heterocycles. The Morgan fingerprint density at radius 1 is 1.14 bits per heavy atom. The number of aromatic hydroxyl groups is 1. The second kappa shape index (κ2) is 7.37. The van der Waals surface area contributed by atoms with Crippen LogP contribution in [-0.2, 0) is 26.7 Å². The van der Waals surface area contributed by atoms with Gasteiger partial charge in [-0.2, -0.15) is 16.8 Å². The number of benzene rings is 2. The summed E-state index contributed by atoms with van der Waals surface area (Å²) >= 11 is 0. The highest BCUT2D eigenvalue weighted by molar-refractivity contribution is 7.91. The van der Waals surface area contributed by atoms with E-state index in [9.17, 15) is 27.0 Å². The van der Waals surface area contributed by atoms with Crippen molar-refractivity contribution in [3.05, 3.63) is 59.6 Å². The highest BCUT2D eigenvalue weighted by Gasteiger charge is 2.30. The van der Waals surface area contributed by atoms with Crippen molar-refractivity contribution in [2.75, 3.05) is 17.7 Å². The average molecular weight is 442 g/mol. The standard InChI is InChI=1S/C17H18N2O8S2/c1-26-13-5-4-12(16(9-13)27-28(2,22)23)7-11-3-6-14(15(20)8-11)19-10-17(21)18-29(19,24)25/h3-6,8-10,18,20-21H,7H2,1-2H3. The lowest BCUT2D eigenvalue weighted by atomic mass is 10.0. The van der Waals surface area contributed by atoms with Crippen molar-refractivity contribution < 1.29 is 36.0 Å². The van der Waals surface area contributed by atoms with Gasteiger partial charge in [-0.3, -0.25) is 0 Å². The van der Waals surface area contributed by atoms with Crippen molar-refractivity contribution in [3.63, 3.8) is 0 Å². The largest absolute Gasteiger partial charge is 0.506 e. The summed E-state index contributed by atoms with van der Waals surface area (Å²) in [6.45, 7) is 0. The quantitative estimate of drug-likeness (QED) is 0.569. The SMILES string of the molecule is COc1ccc(Cc2ccc(N3C=C(O)NS3(=O)=O)c(O)c2)c(OS(C)(=O)=O)c1. The molecule has 0 atom stereocenters. The highest BCUT2D eigenvalue weighted by atomic mass is 32.2. The first-order valence-corrected chi connectivity index (χ1v) is 11.4. The number of anilines is 1. The van der Waals surface area contributed by atoms with E-state index < -0.39 is 26.2 Å².